The largest absolute Gasteiger partial charge is 0.324 e. The van der Waals surface area contributed by atoms with Crippen molar-refractivity contribution >= 4 is 23.2 Å². The number of rotatable bonds is 6. The summed E-state index contributed by atoms with van der Waals surface area (Å²) in [5.41, 5.74) is 5.25. The van der Waals surface area contributed by atoms with Crippen LogP contribution in [0.3, 0.4) is 0 Å². The van der Waals surface area contributed by atoms with Gasteiger partial charge in [0.2, 0.25) is 5.91 Å². The lowest BCUT2D eigenvalue weighted by atomic mass is 9.97. The number of para-hydroxylation sites is 1. The van der Waals surface area contributed by atoms with Crippen LogP contribution in [-0.4, -0.2) is 24.4 Å². The van der Waals surface area contributed by atoms with E-state index < -0.39 is 0 Å². The summed E-state index contributed by atoms with van der Waals surface area (Å²) in [6.45, 7) is 4.29. The molecule has 0 aliphatic carbocycles. The number of carbonyl (C=O) groups is 1. The third-order valence-electron chi connectivity index (χ3n) is 4.88. The molecule has 3 nitrogen and oxygen atoms in total. The zero-order valence-electron chi connectivity index (χ0n) is 16.4. The molecule has 0 aliphatic rings. The van der Waals surface area contributed by atoms with Crippen molar-refractivity contribution in [2.75, 3.05) is 18.9 Å². The van der Waals surface area contributed by atoms with E-state index in [-0.39, 0.29) is 18.5 Å². The summed E-state index contributed by atoms with van der Waals surface area (Å²) in [4.78, 5) is 14.8. The first-order chi connectivity index (χ1) is 13.5. The summed E-state index contributed by atoms with van der Waals surface area (Å²) in [6, 6.07) is 24.0. The predicted molar refractivity (Wildman–Crippen MR) is 117 cm³/mol. The van der Waals surface area contributed by atoms with Gasteiger partial charge in [-0.15, -0.1) is 0 Å². The fraction of sp³-hybridized carbons (Fsp3) is 0.208. The van der Waals surface area contributed by atoms with E-state index in [1.807, 2.05) is 81.6 Å². The third-order valence-corrected chi connectivity index (χ3v) is 5.13. The number of likely N-dealkylation sites (N-methyl/N-ethyl adjacent to an activating group) is 1. The number of anilines is 1. The van der Waals surface area contributed by atoms with Gasteiger partial charge in [-0.1, -0.05) is 72.3 Å². The highest BCUT2D eigenvalue weighted by molar-refractivity contribution is 6.30. The number of benzene rings is 3. The molecule has 0 aromatic heterocycles. The SMILES string of the molecule is Cc1cccc(C)c1NC(=O)CN(C)[C@@H](c1ccccc1)c1ccc(Cl)cc1. The van der Waals surface area contributed by atoms with Crippen LogP contribution in [0.25, 0.3) is 0 Å². The fourth-order valence-electron chi connectivity index (χ4n) is 3.49. The summed E-state index contributed by atoms with van der Waals surface area (Å²) in [5, 5.41) is 3.77. The van der Waals surface area contributed by atoms with E-state index in [0.717, 1.165) is 27.9 Å². The molecule has 3 aromatic carbocycles. The van der Waals surface area contributed by atoms with Crippen molar-refractivity contribution in [3.63, 3.8) is 0 Å². The molecule has 4 heteroatoms. The Balaban J connectivity index is 1.82. The van der Waals surface area contributed by atoms with Crippen LogP contribution in [0.4, 0.5) is 5.69 Å². The van der Waals surface area contributed by atoms with Crippen LogP contribution < -0.4 is 5.32 Å². The number of nitrogens with one attached hydrogen (secondary N) is 1. The molecular formula is C24H25ClN2O. The van der Waals surface area contributed by atoms with E-state index in [1.165, 1.54) is 0 Å². The minimum absolute atomic E-state index is 0.0326. The Kier molecular flexibility index (Phi) is 6.50. The Hall–Kier alpha value is -2.62. The van der Waals surface area contributed by atoms with Gasteiger partial charge in [0, 0.05) is 10.7 Å². The highest BCUT2D eigenvalue weighted by Crippen LogP contribution is 2.28. The highest BCUT2D eigenvalue weighted by atomic mass is 35.5. The molecule has 0 spiro atoms. The number of amides is 1. The Morgan fingerprint density at radius 2 is 1.46 bits per heavy atom. The van der Waals surface area contributed by atoms with E-state index in [4.69, 9.17) is 11.6 Å². The van der Waals surface area contributed by atoms with E-state index in [9.17, 15) is 4.79 Å². The molecule has 1 atom stereocenters. The van der Waals surface area contributed by atoms with Gasteiger partial charge in [-0.05, 0) is 55.3 Å². The number of hydrogen-bond acceptors (Lipinski definition) is 2. The highest BCUT2D eigenvalue weighted by Gasteiger charge is 2.21. The molecule has 28 heavy (non-hydrogen) atoms. The van der Waals surface area contributed by atoms with Gasteiger partial charge in [0.1, 0.15) is 0 Å². The fourth-order valence-corrected chi connectivity index (χ4v) is 3.62. The van der Waals surface area contributed by atoms with E-state index in [1.54, 1.807) is 0 Å². The Morgan fingerprint density at radius 3 is 2.07 bits per heavy atom. The standard InChI is InChI=1S/C24H25ClN2O/c1-17-8-7-9-18(2)23(17)26-22(28)16-27(3)24(19-10-5-4-6-11-19)20-12-14-21(25)15-13-20/h4-15,24H,16H2,1-3H3,(H,26,28)/t24-/m0/s1. The second-order valence-electron chi connectivity index (χ2n) is 7.09. The first-order valence-electron chi connectivity index (χ1n) is 9.32. The van der Waals surface area contributed by atoms with Crippen molar-refractivity contribution in [1.29, 1.82) is 0 Å². The molecule has 1 N–H and O–H groups in total. The second kappa shape index (κ2) is 9.05. The molecule has 0 saturated carbocycles. The van der Waals surface area contributed by atoms with Crippen LogP contribution in [0.5, 0.6) is 0 Å². The molecule has 144 valence electrons. The molecule has 0 aliphatic heterocycles. The summed E-state index contributed by atoms with van der Waals surface area (Å²) in [6.07, 6.45) is 0. The van der Waals surface area contributed by atoms with Gasteiger partial charge < -0.3 is 5.32 Å². The molecule has 3 aromatic rings. The van der Waals surface area contributed by atoms with Crippen molar-refractivity contribution in [3.8, 4) is 0 Å². The monoisotopic (exact) mass is 392 g/mol. The smallest absolute Gasteiger partial charge is 0.238 e. The molecule has 3 rings (SSSR count). The zero-order chi connectivity index (χ0) is 20.1. The van der Waals surface area contributed by atoms with Gasteiger partial charge in [0.25, 0.3) is 0 Å². The van der Waals surface area contributed by atoms with Crippen molar-refractivity contribution in [1.82, 2.24) is 4.90 Å². The summed E-state index contributed by atoms with van der Waals surface area (Å²) in [5.74, 6) is -0.0326. The average Bonchev–Trinajstić information content (AvgIpc) is 2.67. The lowest BCUT2D eigenvalue weighted by molar-refractivity contribution is -0.117. The van der Waals surface area contributed by atoms with E-state index >= 15 is 0 Å². The number of carbonyl (C=O) groups excluding carboxylic acids is 1. The summed E-state index contributed by atoms with van der Waals surface area (Å²) < 4.78 is 0. The van der Waals surface area contributed by atoms with Gasteiger partial charge in [0.15, 0.2) is 0 Å². The van der Waals surface area contributed by atoms with Gasteiger partial charge in [0.05, 0.1) is 12.6 Å². The van der Waals surface area contributed by atoms with Crippen LogP contribution >= 0.6 is 11.6 Å². The molecule has 0 bridgehead atoms. The maximum absolute atomic E-state index is 12.8. The minimum Gasteiger partial charge on any atom is -0.324 e. The van der Waals surface area contributed by atoms with Crippen LogP contribution in [0, 0.1) is 13.8 Å². The second-order valence-corrected chi connectivity index (χ2v) is 7.53. The van der Waals surface area contributed by atoms with Crippen LogP contribution in [0.2, 0.25) is 5.02 Å². The summed E-state index contributed by atoms with van der Waals surface area (Å²) >= 11 is 6.07. The lowest BCUT2D eigenvalue weighted by Gasteiger charge is -2.29. The molecule has 0 saturated heterocycles. The summed E-state index contributed by atoms with van der Waals surface area (Å²) in [7, 11) is 1.97. The Labute approximate surface area is 172 Å². The molecule has 1 amide bonds. The average molecular weight is 393 g/mol. The molecule has 0 unspecified atom stereocenters. The Bertz CT molecular complexity index is 918. The first kappa shape index (κ1) is 20.1. The van der Waals surface area contributed by atoms with Crippen molar-refractivity contribution in [2.24, 2.45) is 0 Å². The number of hydrogen-bond donors (Lipinski definition) is 1. The topological polar surface area (TPSA) is 32.3 Å². The Morgan fingerprint density at radius 1 is 0.893 bits per heavy atom. The normalized spacial score (nSPS) is 12.0. The van der Waals surface area contributed by atoms with Crippen molar-refractivity contribution < 1.29 is 4.79 Å². The third kappa shape index (κ3) is 4.80. The first-order valence-corrected chi connectivity index (χ1v) is 9.70. The zero-order valence-corrected chi connectivity index (χ0v) is 17.2. The molecule has 0 heterocycles. The molecular weight excluding hydrogens is 368 g/mol. The van der Waals surface area contributed by atoms with Gasteiger partial charge >= 0.3 is 0 Å². The van der Waals surface area contributed by atoms with Gasteiger partial charge in [-0.25, -0.2) is 0 Å². The van der Waals surface area contributed by atoms with Crippen molar-refractivity contribution in [3.05, 3.63) is 100 Å². The lowest BCUT2D eigenvalue weighted by Crippen LogP contribution is -2.34. The van der Waals surface area contributed by atoms with E-state index in [2.05, 4.69) is 22.3 Å². The van der Waals surface area contributed by atoms with Crippen LogP contribution in [0.15, 0.2) is 72.8 Å². The number of nitrogens with zero attached hydrogens (tertiary/aromatic N) is 1. The number of aryl methyl sites for hydroxylation is 2. The predicted octanol–water partition coefficient (Wildman–Crippen LogP) is 5.62. The van der Waals surface area contributed by atoms with Gasteiger partial charge in [-0.2, -0.15) is 0 Å². The molecule has 0 radical (unpaired) electrons. The number of halogens is 1. The van der Waals surface area contributed by atoms with E-state index in [0.29, 0.717) is 5.02 Å². The molecule has 0 fully saturated rings. The maximum atomic E-state index is 12.8. The van der Waals surface area contributed by atoms with Crippen molar-refractivity contribution in [2.45, 2.75) is 19.9 Å². The van der Waals surface area contributed by atoms with Gasteiger partial charge in [-0.3, -0.25) is 9.69 Å². The quantitative estimate of drug-likeness (QED) is 0.590. The van der Waals surface area contributed by atoms with Crippen LogP contribution in [-0.2, 0) is 4.79 Å². The minimum atomic E-state index is -0.0396. The maximum Gasteiger partial charge on any atom is 0.238 e. The van der Waals surface area contributed by atoms with Crippen LogP contribution in [0.1, 0.15) is 28.3 Å².